The Balaban J connectivity index is 1.69. The van der Waals surface area contributed by atoms with Gasteiger partial charge in [-0.2, -0.15) is 0 Å². The molecule has 1 aliphatic heterocycles. The first-order valence-corrected chi connectivity index (χ1v) is 11.0. The van der Waals surface area contributed by atoms with Crippen LogP contribution in [0.4, 0.5) is 4.79 Å². The van der Waals surface area contributed by atoms with Gasteiger partial charge in [0.1, 0.15) is 12.3 Å². The van der Waals surface area contributed by atoms with Gasteiger partial charge in [-0.3, -0.25) is 15.0 Å². The van der Waals surface area contributed by atoms with Crippen molar-refractivity contribution in [1.29, 1.82) is 0 Å². The van der Waals surface area contributed by atoms with Crippen LogP contribution in [-0.2, 0) is 4.79 Å². The molecule has 176 valence electrons. The van der Waals surface area contributed by atoms with Gasteiger partial charge in [0.05, 0.1) is 18.8 Å². The lowest BCUT2D eigenvalue weighted by Crippen LogP contribution is -2.49. The third-order valence-corrected chi connectivity index (χ3v) is 6.08. The van der Waals surface area contributed by atoms with Crippen LogP contribution in [0.25, 0.3) is 22.2 Å². The normalized spacial score (nSPS) is 14.6. The third-order valence-electron chi connectivity index (χ3n) is 6.08. The summed E-state index contributed by atoms with van der Waals surface area (Å²) in [5.41, 5.74) is 14.1. The van der Waals surface area contributed by atoms with E-state index in [0.717, 1.165) is 33.3 Å². The number of amides is 4. The second-order valence-corrected chi connectivity index (χ2v) is 8.15. The van der Waals surface area contributed by atoms with Crippen LogP contribution >= 0.6 is 0 Å². The van der Waals surface area contributed by atoms with E-state index in [0.29, 0.717) is 11.3 Å². The Morgan fingerprint density at radius 1 is 1.03 bits per heavy atom. The van der Waals surface area contributed by atoms with E-state index in [1.165, 1.54) is 4.90 Å². The SMILES string of the molecule is COc1cccc(-c2[nH]c3ccccc3c2[C@@H]2c3ccccc3C(=O)N2CC(=O)NNC(N)=O)c1. The first-order chi connectivity index (χ1) is 17.0. The fourth-order valence-electron chi connectivity index (χ4n) is 4.62. The van der Waals surface area contributed by atoms with Crippen molar-refractivity contribution >= 4 is 28.7 Å². The zero-order valence-electron chi connectivity index (χ0n) is 18.9. The summed E-state index contributed by atoms with van der Waals surface area (Å²) in [5.74, 6) is -0.150. The molecule has 0 spiro atoms. The van der Waals surface area contributed by atoms with E-state index >= 15 is 0 Å². The molecule has 0 bridgehead atoms. The van der Waals surface area contributed by atoms with Crippen molar-refractivity contribution in [2.24, 2.45) is 5.73 Å². The molecule has 0 aliphatic carbocycles. The van der Waals surface area contributed by atoms with Crippen LogP contribution in [0.15, 0.2) is 72.8 Å². The van der Waals surface area contributed by atoms with Gasteiger partial charge >= 0.3 is 6.03 Å². The molecule has 2 heterocycles. The van der Waals surface area contributed by atoms with E-state index in [2.05, 4.69) is 15.8 Å². The Morgan fingerprint density at radius 2 is 1.80 bits per heavy atom. The number of nitrogens with zero attached hydrogens (tertiary/aromatic N) is 1. The van der Waals surface area contributed by atoms with Crippen molar-refractivity contribution in [2.75, 3.05) is 13.7 Å². The zero-order valence-corrected chi connectivity index (χ0v) is 18.9. The number of hydrogen-bond acceptors (Lipinski definition) is 4. The number of nitrogens with one attached hydrogen (secondary N) is 3. The number of primary amides is 1. The predicted molar refractivity (Wildman–Crippen MR) is 130 cm³/mol. The number of nitrogens with two attached hydrogens (primary N) is 1. The molecule has 0 radical (unpaired) electrons. The first-order valence-electron chi connectivity index (χ1n) is 11.0. The van der Waals surface area contributed by atoms with Crippen molar-refractivity contribution in [3.63, 3.8) is 0 Å². The van der Waals surface area contributed by atoms with Gasteiger partial charge in [0.25, 0.3) is 11.8 Å². The Labute approximate surface area is 200 Å². The summed E-state index contributed by atoms with van der Waals surface area (Å²) in [7, 11) is 1.61. The quantitative estimate of drug-likeness (QED) is 0.335. The molecule has 9 nitrogen and oxygen atoms in total. The maximum Gasteiger partial charge on any atom is 0.330 e. The fourth-order valence-corrected chi connectivity index (χ4v) is 4.62. The van der Waals surface area contributed by atoms with Gasteiger partial charge in [-0.25, -0.2) is 10.2 Å². The maximum absolute atomic E-state index is 13.5. The van der Waals surface area contributed by atoms with E-state index in [-0.39, 0.29) is 12.5 Å². The van der Waals surface area contributed by atoms with Crippen molar-refractivity contribution in [2.45, 2.75) is 6.04 Å². The lowest BCUT2D eigenvalue weighted by molar-refractivity contribution is -0.122. The summed E-state index contributed by atoms with van der Waals surface area (Å²) in [4.78, 5) is 42.1. The Bertz CT molecular complexity index is 1460. The minimum absolute atomic E-state index is 0.276. The lowest BCUT2D eigenvalue weighted by atomic mass is 9.93. The smallest absolute Gasteiger partial charge is 0.330 e. The number of carbonyl (C=O) groups excluding carboxylic acids is 3. The van der Waals surface area contributed by atoms with Gasteiger partial charge in [-0.15, -0.1) is 0 Å². The minimum Gasteiger partial charge on any atom is -0.497 e. The van der Waals surface area contributed by atoms with Crippen molar-refractivity contribution in [1.82, 2.24) is 20.7 Å². The number of benzene rings is 3. The average Bonchev–Trinajstić information content (AvgIpc) is 3.38. The zero-order chi connectivity index (χ0) is 24.5. The van der Waals surface area contributed by atoms with E-state index in [9.17, 15) is 14.4 Å². The van der Waals surface area contributed by atoms with E-state index < -0.39 is 18.0 Å². The van der Waals surface area contributed by atoms with Crippen LogP contribution in [-0.4, -0.2) is 41.4 Å². The van der Waals surface area contributed by atoms with Crippen LogP contribution in [0.5, 0.6) is 5.75 Å². The molecular formula is C26H23N5O4. The molecule has 35 heavy (non-hydrogen) atoms. The molecule has 9 heteroatoms. The van der Waals surface area contributed by atoms with Crippen LogP contribution < -0.4 is 21.3 Å². The Hall–Kier alpha value is -4.79. The molecule has 5 rings (SSSR count). The molecule has 1 aromatic heterocycles. The molecule has 5 N–H and O–H groups in total. The number of rotatable bonds is 5. The topological polar surface area (TPSA) is 130 Å². The highest BCUT2D eigenvalue weighted by molar-refractivity contribution is 6.03. The molecular weight excluding hydrogens is 446 g/mol. The van der Waals surface area contributed by atoms with E-state index in [1.54, 1.807) is 19.2 Å². The number of aromatic amines is 1. The molecule has 0 saturated heterocycles. The summed E-state index contributed by atoms with van der Waals surface area (Å²) in [6.07, 6.45) is 0. The number of fused-ring (bicyclic) bond motifs is 2. The van der Waals surface area contributed by atoms with Gasteiger partial charge in [0, 0.05) is 27.6 Å². The van der Waals surface area contributed by atoms with Crippen LogP contribution in [0.2, 0.25) is 0 Å². The van der Waals surface area contributed by atoms with Crippen molar-refractivity contribution < 1.29 is 19.1 Å². The summed E-state index contributed by atoms with van der Waals surface area (Å²) in [6, 6.07) is 21.4. The van der Waals surface area contributed by atoms with Crippen LogP contribution in [0, 0.1) is 0 Å². The van der Waals surface area contributed by atoms with Gasteiger partial charge < -0.3 is 20.4 Å². The number of para-hydroxylation sites is 1. The fraction of sp³-hybridized carbons (Fsp3) is 0.115. The minimum atomic E-state index is -0.900. The summed E-state index contributed by atoms with van der Waals surface area (Å²) in [6.45, 7) is -0.282. The molecule has 1 aliphatic rings. The summed E-state index contributed by atoms with van der Waals surface area (Å²) in [5, 5.41) is 0.931. The van der Waals surface area contributed by atoms with Crippen LogP contribution in [0.1, 0.15) is 27.5 Å². The number of carbonyl (C=O) groups is 3. The number of urea groups is 1. The average molecular weight is 470 g/mol. The molecule has 4 aromatic rings. The maximum atomic E-state index is 13.5. The molecule has 0 fully saturated rings. The largest absolute Gasteiger partial charge is 0.497 e. The van der Waals surface area contributed by atoms with Crippen molar-refractivity contribution in [3.8, 4) is 17.0 Å². The van der Waals surface area contributed by atoms with E-state index in [1.807, 2.05) is 60.7 Å². The van der Waals surface area contributed by atoms with Crippen molar-refractivity contribution in [3.05, 3.63) is 89.5 Å². The summed E-state index contributed by atoms with van der Waals surface area (Å²) < 4.78 is 5.43. The highest BCUT2D eigenvalue weighted by Crippen LogP contribution is 2.45. The highest BCUT2D eigenvalue weighted by Gasteiger charge is 2.41. The first kappa shape index (κ1) is 22.0. The molecule has 4 amide bonds. The van der Waals surface area contributed by atoms with Gasteiger partial charge in [0.15, 0.2) is 0 Å². The molecule has 3 aromatic carbocycles. The third kappa shape index (κ3) is 3.93. The lowest BCUT2D eigenvalue weighted by Gasteiger charge is -2.26. The van der Waals surface area contributed by atoms with Gasteiger partial charge in [0.2, 0.25) is 0 Å². The second-order valence-electron chi connectivity index (χ2n) is 8.15. The molecule has 1 atom stereocenters. The molecule has 0 saturated carbocycles. The second kappa shape index (κ2) is 8.86. The summed E-state index contributed by atoms with van der Waals surface area (Å²) >= 11 is 0. The highest BCUT2D eigenvalue weighted by atomic mass is 16.5. The number of hydrazine groups is 1. The van der Waals surface area contributed by atoms with Gasteiger partial charge in [-0.05, 0) is 29.8 Å². The predicted octanol–water partition coefficient (Wildman–Crippen LogP) is 3.09. The molecule has 0 unspecified atom stereocenters. The number of hydrogen-bond donors (Lipinski definition) is 4. The number of aromatic nitrogens is 1. The van der Waals surface area contributed by atoms with Crippen LogP contribution in [0.3, 0.4) is 0 Å². The Morgan fingerprint density at radius 3 is 2.60 bits per heavy atom. The number of H-pyrrole nitrogens is 1. The standard InChI is InChI=1S/C26H23N5O4/c1-35-16-8-6-7-15(13-16)23-22(19-11-4-5-12-20(19)28-23)24-17-9-2-3-10-18(17)25(33)31(24)14-21(32)29-30-26(27)34/h2-13,24,28H,14H2,1H3,(H,29,32)(H3,27,30,34)/t24-/m0/s1. The monoisotopic (exact) mass is 469 g/mol. The van der Waals surface area contributed by atoms with E-state index in [4.69, 9.17) is 10.5 Å². The Kier molecular flexibility index (Phi) is 5.58. The number of ether oxygens (including phenoxy) is 1. The number of methoxy groups -OCH3 is 1. The van der Waals surface area contributed by atoms with Gasteiger partial charge in [-0.1, -0.05) is 48.5 Å².